The summed E-state index contributed by atoms with van der Waals surface area (Å²) in [5, 5.41) is 2.96. The first-order valence-corrected chi connectivity index (χ1v) is 6.89. The molecule has 6 heteroatoms. The third-order valence-electron chi connectivity index (χ3n) is 3.98. The molecule has 3 amide bonds. The highest BCUT2D eigenvalue weighted by atomic mass is 16.2. The molecule has 1 aliphatic rings. The molecular formula is C15H19N3O3. The van der Waals surface area contributed by atoms with Crippen LogP contribution >= 0.6 is 0 Å². The fraction of sp³-hybridized carbons (Fsp3) is 0.400. The van der Waals surface area contributed by atoms with Crippen LogP contribution in [0.15, 0.2) is 30.3 Å². The predicted octanol–water partition coefficient (Wildman–Crippen LogP) is 0.126. The highest BCUT2D eigenvalue weighted by molar-refractivity contribution is 6.02. The van der Waals surface area contributed by atoms with Gasteiger partial charge in [0.15, 0.2) is 0 Å². The molecule has 0 saturated carbocycles. The predicted molar refractivity (Wildman–Crippen MR) is 76.9 cm³/mol. The summed E-state index contributed by atoms with van der Waals surface area (Å²) in [5.74, 6) is -0.916. The summed E-state index contributed by atoms with van der Waals surface area (Å²) in [6.45, 7) is 0.177. The van der Waals surface area contributed by atoms with E-state index in [1.54, 1.807) is 19.2 Å². The van der Waals surface area contributed by atoms with E-state index in [9.17, 15) is 14.4 Å². The average molecular weight is 289 g/mol. The largest absolute Gasteiger partial charge is 0.368 e. The van der Waals surface area contributed by atoms with E-state index >= 15 is 0 Å². The van der Waals surface area contributed by atoms with Crippen molar-refractivity contribution in [1.82, 2.24) is 10.2 Å². The first kappa shape index (κ1) is 15.2. The van der Waals surface area contributed by atoms with Crippen LogP contribution in [0.1, 0.15) is 24.8 Å². The lowest BCUT2D eigenvalue weighted by atomic mass is 9.85. The number of hydrogen-bond donors (Lipinski definition) is 2. The van der Waals surface area contributed by atoms with Crippen LogP contribution in [-0.2, 0) is 19.9 Å². The Kier molecular flexibility index (Phi) is 4.37. The number of rotatable bonds is 6. The molecule has 0 radical (unpaired) electrons. The Balaban J connectivity index is 2.23. The van der Waals surface area contributed by atoms with Crippen molar-refractivity contribution in [1.29, 1.82) is 0 Å². The summed E-state index contributed by atoms with van der Waals surface area (Å²) in [5.41, 5.74) is 5.21. The lowest BCUT2D eigenvalue weighted by molar-refractivity contribution is -0.139. The number of carbonyl (C=O) groups is 3. The Hall–Kier alpha value is -2.21. The summed E-state index contributed by atoms with van der Waals surface area (Å²) in [4.78, 5) is 36.5. The van der Waals surface area contributed by atoms with Gasteiger partial charge in [0.05, 0.1) is 0 Å². The standard InChI is InChI=1S/C15H19N3O3/c1-17-15(14(16)21,11-5-3-2-4-6-11)9-10-18-12(19)7-8-13(18)20/h2-6,17H,7-10H2,1H3,(H2,16,21). The van der Waals surface area contributed by atoms with Crippen LogP contribution < -0.4 is 11.1 Å². The van der Waals surface area contributed by atoms with Crippen LogP contribution in [0.3, 0.4) is 0 Å². The van der Waals surface area contributed by atoms with Crippen LogP contribution in [0.4, 0.5) is 0 Å². The van der Waals surface area contributed by atoms with Gasteiger partial charge in [-0.1, -0.05) is 30.3 Å². The normalized spacial score (nSPS) is 17.9. The molecule has 112 valence electrons. The molecule has 0 aromatic heterocycles. The minimum atomic E-state index is -1.09. The fourth-order valence-electron chi connectivity index (χ4n) is 2.68. The quantitative estimate of drug-likeness (QED) is 0.728. The van der Waals surface area contributed by atoms with Gasteiger partial charge >= 0.3 is 0 Å². The Labute approximate surface area is 123 Å². The van der Waals surface area contributed by atoms with E-state index in [0.29, 0.717) is 0 Å². The van der Waals surface area contributed by atoms with Gasteiger partial charge in [0.2, 0.25) is 17.7 Å². The molecule has 1 fully saturated rings. The maximum atomic E-state index is 12.0. The smallest absolute Gasteiger partial charge is 0.242 e. The molecule has 0 aliphatic carbocycles. The van der Waals surface area contributed by atoms with Gasteiger partial charge in [-0.2, -0.15) is 0 Å². The van der Waals surface area contributed by atoms with Crippen LogP contribution in [0.5, 0.6) is 0 Å². The number of carbonyl (C=O) groups excluding carboxylic acids is 3. The first-order chi connectivity index (χ1) is 10.0. The van der Waals surface area contributed by atoms with Gasteiger partial charge < -0.3 is 11.1 Å². The zero-order valence-electron chi connectivity index (χ0n) is 12.0. The van der Waals surface area contributed by atoms with E-state index < -0.39 is 11.4 Å². The van der Waals surface area contributed by atoms with Gasteiger partial charge in [-0.3, -0.25) is 19.3 Å². The maximum Gasteiger partial charge on any atom is 0.242 e. The van der Waals surface area contributed by atoms with Gasteiger partial charge in [-0.05, 0) is 19.0 Å². The first-order valence-electron chi connectivity index (χ1n) is 6.89. The van der Waals surface area contributed by atoms with E-state index in [2.05, 4.69) is 5.32 Å². The molecule has 3 N–H and O–H groups in total. The molecule has 6 nitrogen and oxygen atoms in total. The summed E-state index contributed by atoms with van der Waals surface area (Å²) in [6.07, 6.45) is 0.737. The lowest BCUT2D eigenvalue weighted by Gasteiger charge is -2.32. The number of hydrogen-bond acceptors (Lipinski definition) is 4. The second kappa shape index (κ2) is 6.05. The second-order valence-electron chi connectivity index (χ2n) is 5.07. The van der Waals surface area contributed by atoms with E-state index in [0.717, 1.165) is 5.56 Å². The monoisotopic (exact) mass is 289 g/mol. The van der Waals surface area contributed by atoms with Crippen LogP contribution in [0.25, 0.3) is 0 Å². The van der Waals surface area contributed by atoms with Crippen molar-refractivity contribution in [3.05, 3.63) is 35.9 Å². The number of likely N-dealkylation sites (N-methyl/N-ethyl adjacent to an activating group) is 1. The molecule has 0 spiro atoms. The number of primary amides is 1. The third-order valence-corrected chi connectivity index (χ3v) is 3.98. The zero-order valence-corrected chi connectivity index (χ0v) is 12.0. The van der Waals surface area contributed by atoms with Crippen LogP contribution in [-0.4, -0.2) is 36.2 Å². The van der Waals surface area contributed by atoms with E-state index in [1.165, 1.54) is 4.90 Å². The highest BCUT2D eigenvalue weighted by Gasteiger charge is 2.39. The number of nitrogens with one attached hydrogen (secondary N) is 1. The van der Waals surface area contributed by atoms with E-state index in [1.807, 2.05) is 18.2 Å². The number of amides is 3. The Bertz CT molecular complexity index is 543. The topological polar surface area (TPSA) is 92.5 Å². The molecule has 1 heterocycles. The van der Waals surface area contributed by atoms with Crippen molar-refractivity contribution < 1.29 is 14.4 Å². The van der Waals surface area contributed by atoms with E-state index in [4.69, 9.17) is 5.73 Å². The lowest BCUT2D eigenvalue weighted by Crippen LogP contribution is -2.53. The Morgan fingerprint density at radius 1 is 1.24 bits per heavy atom. The SMILES string of the molecule is CNC(CCN1C(=O)CCC1=O)(C(N)=O)c1ccccc1. The molecule has 1 aliphatic heterocycles. The maximum absolute atomic E-state index is 12.0. The van der Waals surface area contributed by atoms with Crippen LogP contribution in [0, 0.1) is 0 Å². The highest BCUT2D eigenvalue weighted by Crippen LogP contribution is 2.26. The summed E-state index contributed by atoms with van der Waals surface area (Å²) in [7, 11) is 1.64. The number of imide groups is 1. The minimum absolute atomic E-state index is 0.177. The zero-order chi connectivity index (χ0) is 15.5. The number of likely N-dealkylation sites (tertiary alicyclic amines) is 1. The van der Waals surface area contributed by atoms with Gasteiger partial charge in [-0.25, -0.2) is 0 Å². The van der Waals surface area contributed by atoms with Crippen molar-refractivity contribution in [2.24, 2.45) is 5.73 Å². The van der Waals surface area contributed by atoms with Crippen LogP contribution in [0.2, 0.25) is 0 Å². The molecule has 2 rings (SSSR count). The van der Waals surface area contributed by atoms with E-state index in [-0.39, 0.29) is 37.6 Å². The summed E-state index contributed by atoms with van der Waals surface area (Å²) in [6, 6.07) is 9.08. The number of nitrogens with zero attached hydrogens (tertiary/aromatic N) is 1. The average Bonchev–Trinajstić information content (AvgIpc) is 2.80. The van der Waals surface area contributed by atoms with Gasteiger partial charge in [0.1, 0.15) is 5.54 Å². The number of benzene rings is 1. The molecule has 1 atom stereocenters. The molecular weight excluding hydrogens is 270 g/mol. The fourth-order valence-corrected chi connectivity index (χ4v) is 2.68. The van der Waals surface area contributed by atoms with Gasteiger partial charge in [-0.15, -0.1) is 0 Å². The molecule has 1 unspecified atom stereocenters. The molecule has 21 heavy (non-hydrogen) atoms. The van der Waals surface area contributed by atoms with Gasteiger partial charge in [0, 0.05) is 19.4 Å². The van der Waals surface area contributed by atoms with Crippen molar-refractivity contribution in [2.45, 2.75) is 24.8 Å². The number of nitrogens with two attached hydrogens (primary N) is 1. The molecule has 1 aromatic carbocycles. The molecule has 0 bridgehead atoms. The van der Waals surface area contributed by atoms with Crippen molar-refractivity contribution in [2.75, 3.05) is 13.6 Å². The third kappa shape index (κ3) is 2.80. The molecule has 1 saturated heterocycles. The molecule has 1 aromatic rings. The van der Waals surface area contributed by atoms with Gasteiger partial charge in [0.25, 0.3) is 0 Å². The second-order valence-corrected chi connectivity index (χ2v) is 5.07. The van der Waals surface area contributed by atoms with Crippen molar-refractivity contribution in [3.63, 3.8) is 0 Å². The minimum Gasteiger partial charge on any atom is -0.368 e. The summed E-state index contributed by atoms with van der Waals surface area (Å²) >= 11 is 0. The Morgan fingerprint density at radius 3 is 2.29 bits per heavy atom. The van der Waals surface area contributed by atoms with Crippen molar-refractivity contribution >= 4 is 17.7 Å². The Morgan fingerprint density at radius 2 is 1.81 bits per heavy atom. The summed E-state index contributed by atoms with van der Waals surface area (Å²) < 4.78 is 0. The van der Waals surface area contributed by atoms with Crippen molar-refractivity contribution in [3.8, 4) is 0 Å².